The molecule has 3 rings (SSSR count). The third kappa shape index (κ3) is 2.33. The lowest BCUT2D eigenvalue weighted by Gasteiger charge is -2.22. The molecular formula is C13H16ClNO2. The van der Waals surface area contributed by atoms with Crippen LogP contribution in [0.3, 0.4) is 0 Å². The van der Waals surface area contributed by atoms with E-state index in [0.717, 1.165) is 17.1 Å². The molecule has 1 aromatic rings. The maximum atomic E-state index is 9.23. The molecule has 0 radical (unpaired) electrons. The largest absolute Gasteiger partial charge is 0.394 e. The van der Waals surface area contributed by atoms with Crippen LogP contribution in [0, 0.1) is 0 Å². The highest BCUT2D eigenvalue weighted by atomic mass is 35.5. The summed E-state index contributed by atoms with van der Waals surface area (Å²) in [6, 6.07) is 8.41. The number of rotatable bonds is 3. The second kappa shape index (κ2) is 4.58. The summed E-state index contributed by atoms with van der Waals surface area (Å²) in [5.74, 6) is 0. The van der Waals surface area contributed by atoms with E-state index in [1.165, 1.54) is 12.8 Å². The summed E-state index contributed by atoms with van der Waals surface area (Å²) in [5, 5.41) is 9.96. The van der Waals surface area contributed by atoms with Crippen molar-refractivity contribution in [3.8, 4) is 0 Å². The molecule has 1 heterocycles. The number of benzene rings is 1. The number of nitrogens with zero attached hydrogens (tertiary/aromatic N) is 1. The molecule has 2 unspecified atom stereocenters. The van der Waals surface area contributed by atoms with Gasteiger partial charge in [0.15, 0.2) is 0 Å². The minimum Gasteiger partial charge on any atom is -0.394 e. The van der Waals surface area contributed by atoms with E-state index in [9.17, 15) is 5.11 Å². The molecule has 0 bridgehead atoms. The van der Waals surface area contributed by atoms with Crippen molar-refractivity contribution < 1.29 is 9.84 Å². The van der Waals surface area contributed by atoms with Crippen molar-refractivity contribution in [3.63, 3.8) is 0 Å². The van der Waals surface area contributed by atoms with Gasteiger partial charge in [-0.3, -0.25) is 4.90 Å². The summed E-state index contributed by atoms with van der Waals surface area (Å²) in [6.07, 6.45) is 2.36. The van der Waals surface area contributed by atoms with Crippen molar-refractivity contribution in [2.24, 2.45) is 0 Å². The van der Waals surface area contributed by atoms with Crippen molar-refractivity contribution in [1.82, 2.24) is 4.90 Å². The highest BCUT2D eigenvalue weighted by Gasteiger charge is 2.42. The third-order valence-electron chi connectivity index (χ3n) is 3.39. The number of ether oxygens (including phenoxy) is 1. The molecule has 2 aliphatic rings. The maximum Gasteiger partial charge on any atom is 0.137 e. The topological polar surface area (TPSA) is 32.7 Å². The van der Waals surface area contributed by atoms with Crippen molar-refractivity contribution in [1.29, 1.82) is 0 Å². The van der Waals surface area contributed by atoms with Crippen LogP contribution in [-0.2, 0) is 4.74 Å². The van der Waals surface area contributed by atoms with E-state index in [0.29, 0.717) is 6.04 Å². The van der Waals surface area contributed by atoms with Crippen LogP contribution in [0.4, 0.5) is 0 Å². The number of aliphatic hydroxyl groups is 1. The number of hydrogen-bond acceptors (Lipinski definition) is 3. The Morgan fingerprint density at radius 2 is 2.24 bits per heavy atom. The standard InChI is InChI=1S/C13H16ClNO2/c14-10-3-1-2-9(6-10)13-15(11-4-5-11)7-12(8-16)17-13/h1-3,6,11-13,16H,4-5,7-8H2. The number of hydrogen-bond donors (Lipinski definition) is 1. The van der Waals surface area contributed by atoms with Gasteiger partial charge in [-0.25, -0.2) is 0 Å². The zero-order valence-electron chi connectivity index (χ0n) is 9.55. The number of halogens is 1. The molecule has 4 heteroatoms. The lowest BCUT2D eigenvalue weighted by atomic mass is 10.2. The summed E-state index contributed by atoms with van der Waals surface area (Å²) >= 11 is 6.01. The average molecular weight is 254 g/mol. The molecule has 1 saturated carbocycles. The molecule has 92 valence electrons. The van der Waals surface area contributed by atoms with Crippen LogP contribution in [0.5, 0.6) is 0 Å². The quantitative estimate of drug-likeness (QED) is 0.897. The first-order valence-electron chi connectivity index (χ1n) is 6.05. The summed E-state index contributed by atoms with van der Waals surface area (Å²) in [5.41, 5.74) is 1.08. The lowest BCUT2D eigenvalue weighted by Crippen LogP contribution is -2.27. The van der Waals surface area contributed by atoms with E-state index in [1.54, 1.807) is 0 Å². The van der Waals surface area contributed by atoms with Crippen LogP contribution < -0.4 is 0 Å². The first-order chi connectivity index (χ1) is 8.28. The molecule has 0 aromatic heterocycles. The monoisotopic (exact) mass is 253 g/mol. The Morgan fingerprint density at radius 1 is 1.41 bits per heavy atom. The van der Waals surface area contributed by atoms with E-state index < -0.39 is 0 Å². The smallest absolute Gasteiger partial charge is 0.137 e. The normalized spacial score (nSPS) is 29.8. The van der Waals surface area contributed by atoms with Gasteiger partial charge in [0.25, 0.3) is 0 Å². The van der Waals surface area contributed by atoms with E-state index in [2.05, 4.69) is 4.90 Å². The van der Waals surface area contributed by atoms with Crippen LogP contribution in [-0.4, -0.2) is 35.3 Å². The summed E-state index contributed by atoms with van der Waals surface area (Å²) in [7, 11) is 0. The Bertz CT molecular complexity index is 408. The molecule has 0 amide bonds. The van der Waals surface area contributed by atoms with Crippen LogP contribution >= 0.6 is 11.6 Å². The molecule has 1 N–H and O–H groups in total. The molecule has 0 spiro atoms. The van der Waals surface area contributed by atoms with Crippen molar-refractivity contribution >= 4 is 11.6 Å². The van der Waals surface area contributed by atoms with Crippen molar-refractivity contribution in [2.75, 3.05) is 13.2 Å². The third-order valence-corrected chi connectivity index (χ3v) is 3.63. The van der Waals surface area contributed by atoms with Crippen LogP contribution in [0.2, 0.25) is 5.02 Å². The Kier molecular flexibility index (Phi) is 3.09. The maximum absolute atomic E-state index is 9.23. The van der Waals surface area contributed by atoms with Gasteiger partial charge in [-0.1, -0.05) is 23.7 Å². The zero-order valence-corrected chi connectivity index (χ0v) is 10.3. The fourth-order valence-electron chi connectivity index (χ4n) is 2.41. The molecule has 1 aliphatic heterocycles. The summed E-state index contributed by atoms with van der Waals surface area (Å²) in [6.45, 7) is 0.901. The molecule has 1 aliphatic carbocycles. The number of aliphatic hydroxyl groups excluding tert-OH is 1. The minimum atomic E-state index is -0.0698. The molecule has 1 aromatic carbocycles. The van der Waals surface area contributed by atoms with E-state index in [-0.39, 0.29) is 18.9 Å². The SMILES string of the molecule is OCC1CN(C2CC2)C(c2cccc(Cl)c2)O1. The lowest BCUT2D eigenvalue weighted by molar-refractivity contribution is -0.0216. The fraction of sp³-hybridized carbons (Fsp3) is 0.538. The second-order valence-corrected chi connectivity index (χ2v) is 5.21. The first kappa shape index (κ1) is 11.5. The average Bonchev–Trinajstić information content (AvgIpc) is 3.08. The predicted octanol–water partition coefficient (Wildman–Crippen LogP) is 2.19. The Labute approximate surface area is 106 Å². The van der Waals surface area contributed by atoms with Gasteiger partial charge in [0, 0.05) is 17.6 Å². The van der Waals surface area contributed by atoms with E-state index in [4.69, 9.17) is 16.3 Å². The van der Waals surface area contributed by atoms with Crippen molar-refractivity contribution in [3.05, 3.63) is 34.9 Å². The van der Waals surface area contributed by atoms with E-state index >= 15 is 0 Å². The van der Waals surface area contributed by atoms with E-state index in [1.807, 2.05) is 24.3 Å². The van der Waals surface area contributed by atoms with Gasteiger partial charge in [0.2, 0.25) is 0 Å². The summed E-state index contributed by atoms with van der Waals surface area (Å²) in [4.78, 5) is 2.34. The van der Waals surface area contributed by atoms with Crippen LogP contribution in [0.25, 0.3) is 0 Å². The van der Waals surface area contributed by atoms with Gasteiger partial charge >= 0.3 is 0 Å². The highest BCUT2D eigenvalue weighted by molar-refractivity contribution is 6.30. The van der Waals surface area contributed by atoms with Gasteiger partial charge < -0.3 is 9.84 Å². The Hall–Kier alpha value is -0.610. The molecule has 2 atom stereocenters. The van der Waals surface area contributed by atoms with Gasteiger partial charge in [0.05, 0.1) is 12.7 Å². The Balaban J connectivity index is 1.84. The second-order valence-electron chi connectivity index (χ2n) is 4.78. The van der Waals surface area contributed by atoms with Crippen LogP contribution in [0.1, 0.15) is 24.6 Å². The van der Waals surface area contributed by atoms with Gasteiger partial charge in [0.1, 0.15) is 6.23 Å². The molecule has 3 nitrogen and oxygen atoms in total. The molecular weight excluding hydrogens is 238 g/mol. The predicted molar refractivity (Wildman–Crippen MR) is 65.9 cm³/mol. The zero-order chi connectivity index (χ0) is 11.8. The first-order valence-corrected chi connectivity index (χ1v) is 6.43. The summed E-state index contributed by atoms with van der Waals surface area (Å²) < 4.78 is 5.88. The molecule has 1 saturated heterocycles. The van der Waals surface area contributed by atoms with Crippen molar-refractivity contribution in [2.45, 2.75) is 31.2 Å². The highest BCUT2D eigenvalue weighted by Crippen LogP contribution is 2.40. The molecule has 2 fully saturated rings. The van der Waals surface area contributed by atoms with Gasteiger partial charge in [-0.2, -0.15) is 0 Å². The minimum absolute atomic E-state index is 0.0432. The fourth-order valence-corrected chi connectivity index (χ4v) is 2.61. The van der Waals surface area contributed by atoms with Crippen LogP contribution in [0.15, 0.2) is 24.3 Å². The van der Waals surface area contributed by atoms with Gasteiger partial charge in [-0.15, -0.1) is 0 Å². The van der Waals surface area contributed by atoms with Gasteiger partial charge in [-0.05, 0) is 30.5 Å². The Morgan fingerprint density at radius 3 is 2.88 bits per heavy atom. The molecule has 17 heavy (non-hydrogen) atoms.